The molecule has 1 amide bonds. The van der Waals surface area contributed by atoms with E-state index in [1.165, 1.54) is 36.5 Å². The Bertz CT molecular complexity index is 679. The molecule has 0 saturated carbocycles. The molecule has 0 aliphatic carbocycles. The number of nitrogens with one attached hydrogen (secondary N) is 1. The average molecular weight is 342 g/mol. The van der Waals surface area contributed by atoms with E-state index in [4.69, 9.17) is 9.47 Å². The molecule has 0 radical (unpaired) electrons. The van der Waals surface area contributed by atoms with Gasteiger partial charge in [0.15, 0.2) is 0 Å². The van der Waals surface area contributed by atoms with Crippen molar-refractivity contribution in [2.45, 2.75) is 37.9 Å². The molecule has 0 aromatic heterocycles. The van der Waals surface area contributed by atoms with Crippen molar-refractivity contribution in [3.05, 3.63) is 18.2 Å². The third-order valence-corrected chi connectivity index (χ3v) is 5.33. The second-order valence-electron chi connectivity index (χ2n) is 5.62. The molecule has 2 rings (SSSR count). The first-order valence-corrected chi connectivity index (χ1v) is 8.79. The van der Waals surface area contributed by atoms with Crippen LogP contribution in [-0.2, 0) is 19.6 Å². The molecule has 2 atom stereocenters. The molecule has 7 nitrogen and oxygen atoms in total. The van der Waals surface area contributed by atoms with Gasteiger partial charge in [-0.3, -0.25) is 4.79 Å². The van der Waals surface area contributed by atoms with E-state index in [-0.39, 0.29) is 23.0 Å². The largest absolute Gasteiger partial charge is 0.495 e. The van der Waals surface area contributed by atoms with Gasteiger partial charge in [0.05, 0.1) is 29.9 Å². The van der Waals surface area contributed by atoms with Crippen LogP contribution in [0.3, 0.4) is 0 Å². The number of sulfonamides is 1. The van der Waals surface area contributed by atoms with Gasteiger partial charge in [0.25, 0.3) is 0 Å². The summed E-state index contributed by atoms with van der Waals surface area (Å²) in [6, 6.07) is 4.43. The zero-order chi connectivity index (χ0) is 17.2. The van der Waals surface area contributed by atoms with Crippen LogP contribution in [0.4, 0.5) is 5.69 Å². The number of anilines is 1. The van der Waals surface area contributed by atoms with Crippen molar-refractivity contribution >= 4 is 21.6 Å². The van der Waals surface area contributed by atoms with E-state index in [0.29, 0.717) is 24.5 Å². The number of carbonyl (C=O) groups is 1. The molecule has 8 heteroatoms. The Balaban J connectivity index is 2.37. The summed E-state index contributed by atoms with van der Waals surface area (Å²) in [6.07, 6.45) is -0.330. The Morgan fingerprint density at radius 2 is 1.91 bits per heavy atom. The molecule has 1 aromatic rings. The van der Waals surface area contributed by atoms with Gasteiger partial charge in [-0.15, -0.1) is 0 Å². The van der Waals surface area contributed by atoms with E-state index in [9.17, 15) is 13.2 Å². The van der Waals surface area contributed by atoms with E-state index < -0.39 is 10.0 Å². The number of hydrogen-bond acceptors (Lipinski definition) is 5. The van der Waals surface area contributed by atoms with Crippen molar-refractivity contribution in [2.24, 2.45) is 0 Å². The van der Waals surface area contributed by atoms with Crippen LogP contribution >= 0.6 is 0 Å². The first-order chi connectivity index (χ1) is 10.7. The molecule has 1 fully saturated rings. The maximum atomic E-state index is 12.8. The fourth-order valence-corrected chi connectivity index (χ4v) is 4.23. The second kappa shape index (κ2) is 6.86. The van der Waals surface area contributed by atoms with Crippen LogP contribution in [0.2, 0.25) is 0 Å². The minimum absolute atomic E-state index is 0.114. The molecule has 1 saturated heterocycles. The Morgan fingerprint density at radius 1 is 1.30 bits per heavy atom. The van der Waals surface area contributed by atoms with Crippen LogP contribution in [0.25, 0.3) is 0 Å². The summed E-state index contributed by atoms with van der Waals surface area (Å²) in [4.78, 5) is 11.4. The number of nitrogens with zero attached hydrogens (tertiary/aromatic N) is 1. The smallest absolute Gasteiger partial charge is 0.243 e. The highest BCUT2D eigenvalue weighted by molar-refractivity contribution is 7.89. The van der Waals surface area contributed by atoms with Crippen LogP contribution in [0.15, 0.2) is 23.1 Å². The van der Waals surface area contributed by atoms with E-state index in [2.05, 4.69) is 5.32 Å². The predicted octanol–water partition coefficient (Wildman–Crippen LogP) is 1.45. The fourth-order valence-electron chi connectivity index (χ4n) is 2.61. The van der Waals surface area contributed by atoms with Gasteiger partial charge in [-0.2, -0.15) is 4.31 Å². The number of ether oxygens (including phenoxy) is 2. The number of rotatable bonds is 4. The van der Waals surface area contributed by atoms with E-state index in [1.807, 2.05) is 13.8 Å². The maximum Gasteiger partial charge on any atom is 0.243 e. The standard InChI is InChI=1S/C15H22N2O5S/c1-10-8-17(9-11(2)22-10)23(19,20)13-5-6-15(21-4)14(7-13)16-12(3)18/h5-7,10-11H,8-9H2,1-4H3,(H,16,18). The zero-order valence-electron chi connectivity index (χ0n) is 13.7. The number of hydrogen-bond donors (Lipinski definition) is 1. The highest BCUT2D eigenvalue weighted by atomic mass is 32.2. The zero-order valence-corrected chi connectivity index (χ0v) is 14.5. The monoisotopic (exact) mass is 342 g/mol. The summed E-state index contributed by atoms with van der Waals surface area (Å²) in [5.74, 6) is 0.106. The van der Waals surface area contributed by atoms with Gasteiger partial charge in [0, 0.05) is 20.0 Å². The molecule has 128 valence electrons. The minimum atomic E-state index is -3.66. The van der Waals surface area contributed by atoms with Gasteiger partial charge in [0.2, 0.25) is 15.9 Å². The lowest BCUT2D eigenvalue weighted by Gasteiger charge is -2.34. The lowest BCUT2D eigenvalue weighted by molar-refractivity contribution is -0.114. The molecule has 0 bridgehead atoms. The van der Waals surface area contributed by atoms with Crippen LogP contribution in [0.5, 0.6) is 5.75 Å². The SMILES string of the molecule is COc1ccc(S(=O)(=O)N2CC(C)OC(C)C2)cc1NC(C)=O. The Morgan fingerprint density at radius 3 is 2.43 bits per heavy atom. The van der Waals surface area contributed by atoms with E-state index in [1.54, 1.807) is 0 Å². The summed E-state index contributed by atoms with van der Waals surface area (Å²) < 4.78 is 37.8. The topological polar surface area (TPSA) is 84.9 Å². The van der Waals surface area contributed by atoms with Crippen molar-refractivity contribution in [2.75, 3.05) is 25.5 Å². The highest BCUT2D eigenvalue weighted by Crippen LogP contribution is 2.30. The van der Waals surface area contributed by atoms with Crippen LogP contribution < -0.4 is 10.1 Å². The van der Waals surface area contributed by atoms with Crippen LogP contribution in [-0.4, -0.2) is 51.0 Å². The molecule has 23 heavy (non-hydrogen) atoms. The number of methoxy groups -OCH3 is 1. The molecule has 2 unspecified atom stereocenters. The van der Waals surface area contributed by atoms with Crippen molar-refractivity contribution < 1.29 is 22.7 Å². The first kappa shape index (κ1) is 17.7. The summed E-state index contributed by atoms with van der Waals surface area (Å²) in [5, 5.41) is 2.59. The van der Waals surface area contributed by atoms with Gasteiger partial charge in [-0.25, -0.2) is 8.42 Å². The third kappa shape index (κ3) is 4.01. The summed E-state index contributed by atoms with van der Waals surface area (Å²) in [7, 11) is -2.21. The lowest BCUT2D eigenvalue weighted by Crippen LogP contribution is -2.48. The number of benzene rings is 1. The molecular formula is C15H22N2O5S. The van der Waals surface area contributed by atoms with Crippen LogP contribution in [0.1, 0.15) is 20.8 Å². The molecule has 0 spiro atoms. The minimum Gasteiger partial charge on any atom is -0.495 e. The van der Waals surface area contributed by atoms with E-state index >= 15 is 0 Å². The fraction of sp³-hybridized carbons (Fsp3) is 0.533. The summed E-state index contributed by atoms with van der Waals surface area (Å²) >= 11 is 0. The molecule has 1 aliphatic rings. The van der Waals surface area contributed by atoms with Crippen molar-refractivity contribution in [1.82, 2.24) is 4.31 Å². The normalized spacial score (nSPS) is 22.6. The Labute approximate surface area is 136 Å². The quantitative estimate of drug-likeness (QED) is 0.895. The Kier molecular flexibility index (Phi) is 5.28. The summed E-state index contributed by atoms with van der Waals surface area (Å²) in [5.41, 5.74) is 0.329. The molecule has 1 N–H and O–H groups in total. The second-order valence-corrected chi connectivity index (χ2v) is 7.56. The lowest BCUT2D eigenvalue weighted by atomic mass is 10.3. The molecular weight excluding hydrogens is 320 g/mol. The molecule has 1 heterocycles. The third-order valence-electron chi connectivity index (χ3n) is 3.51. The van der Waals surface area contributed by atoms with Crippen molar-refractivity contribution in [3.63, 3.8) is 0 Å². The van der Waals surface area contributed by atoms with E-state index in [0.717, 1.165) is 0 Å². The van der Waals surface area contributed by atoms with Gasteiger partial charge in [-0.1, -0.05) is 0 Å². The average Bonchev–Trinajstić information content (AvgIpc) is 2.45. The van der Waals surface area contributed by atoms with Gasteiger partial charge in [-0.05, 0) is 32.0 Å². The number of carbonyl (C=O) groups excluding carboxylic acids is 1. The molecule has 1 aromatic carbocycles. The molecule has 1 aliphatic heterocycles. The van der Waals surface area contributed by atoms with Gasteiger partial charge >= 0.3 is 0 Å². The van der Waals surface area contributed by atoms with Gasteiger partial charge < -0.3 is 14.8 Å². The number of amides is 1. The first-order valence-electron chi connectivity index (χ1n) is 7.35. The Hall–Kier alpha value is -1.64. The van der Waals surface area contributed by atoms with Crippen molar-refractivity contribution in [3.8, 4) is 5.75 Å². The maximum absolute atomic E-state index is 12.8. The summed E-state index contributed by atoms with van der Waals surface area (Å²) in [6.45, 7) is 5.64. The number of morpholine rings is 1. The van der Waals surface area contributed by atoms with Gasteiger partial charge in [0.1, 0.15) is 5.75 Å². The van der Waals surface area contributed by atoms with Crippen molar-refractivity contribution in [1.29, 1.82) is 0 Å². The highest BCUT2D eigenvalue weighted by Gasteiger charge is 2.32. The van der Waals surface area contributed by atoms with Crippen LogP contribution in [0, 0.1) is 0 Å². The predicted molar refractivity (Wildman–Crippen MR) is 86.1 cm³/mol.